The van der Waals surface area contributed by atoms with Crippen molar-refractivity contribution in [3.05, 3.63) is 29.5 Å². The van der Waals surface area contributed by atoms with Gasteiger partial charge in [0.25, 0.3) is 0 Å². The van der Waals surface area contributed by atoms with Crippen LogP contribution in [-0.2, 0) is 9.53 Å². The molecule has 1 aliphatic rings. The first-order chi connectivity index (χ1) is 12.7. The van der Waals surface area contributed by atoms with Crippen molar-refractivity contribution in [2.24, 2.45) is 11.1 Å². The predicted molar refractivity (Wildman–Crippen MR) is 112 cm³/mol. The molecule has 3 rings (SSSR count). The van der Waals surface area contributed by atoms with Crippen LogP contribution in [0, 0.1) is 12.3 Å². The Hall–Kier alpha value is -1.76. The van der Waals surface area contributed by atoms with Crippen LogP contribution >= 0.6 is 12.4 Å². The maximum Gasteiger partial charge on any atom is 0.241 e. The number of carbonyl (C=O) groups is 1. The van der Waals surface area contributed by atoms with Crippen molar-refractivity contribution in [2.45, 2.75) is 58.7 Å². The molecule has 3 N–H and O–H groups in total. The SMILES string of the molecule is CCOC1CC(N)(C(=O)NC(C)c2oc3ccc(OC)cc3c2C)C1(C)C.Cl. The molecule has 1 aromatic heterocycles. The second-order valence-corrected chi connectivity index (χ2v) is 7.99. The highest BCUT2D eigenvalue weighted by atomic mass is 35.5. The number of hydrogen-bond donors (Lipinski definition) is 2. The first-order valence-corrected chi connectivity index (χ1v) is 9.44. The number of rotatable bonds is 6. The molecule has 1 saturated carbocycles. The van der Waals surface area contributed by atoms with Crippen molar-refractivity contribution in [3.63, 3.8) is 0 Å². The van der Waals surface area contributed by atoms with E-state index in [4.69, 9.17) is 19.6 Å². The van der Waals surface area contributed by atoms with Crippen LogP contribution in [0.15, 0.2) is 22.6 Å². The van der Waals surface area contributed by atoms with E-state index in [1.165, 1.54) is 0 Å². The minimum atomic E-state index is -0.954. The highest BCUT2D eigenvalue weighted by Crippen LogP contribution is 2.50. The van der Waals surface area contributed by atoms with Gasteiger partial charge in [-0.1, -0.05) is 13.8 Å². The number of fused-ring (bicyclic) bond motifs is 1. The van der Waals surface area contributed by atoms with Gasteiger partial charge in [0.1, 0.15) is 22.6 Å². The third-order valence-corrected chi connectivity index (χ3v) is 6.16. The highest BCUT2D eigenvalue weighted by Gasteiger charge is 2.63. The van der Waals surface area contributed by atoms with Crippen molar-refractivity contribution >= 4 is 29.3 Å². The van der Waals surface area contributed by atoms with Crippen LogP contribution in [0.3, 0.4) is 0 Å². The standard InChI is InChI=1S/C21H30N2O4.ClH/c1-7-26-17-11-21(22,20(17,4)5)19(24)23-13(3)18-12(2)15-10-14(25-6)8-9-16(15)27-18;/h8-10,13,17H,7,11,22H2,1-6H3,(H,23,24);1H. The molecule has 7 heteroatoms. The van der Waals surface area contributed by atoms with Crippen LogP contribution in [-0.4, -0.2) is 31.3 Å². The summed E-state index contributed by atoms with van der Waals surface area (Å²) in [5.41, 5.74) is 6.86. The van der Waals surface area contributed by atoms with E-state index in [2.05, 4.69) is 5.32 Å². The topological polar surface area (TPSA) is 86.7 Å². The number of nitrogens with one attached hydrogen (secondary N) is 1. The molecule has 1 aliphatic carbocycles. The monoisotopic (exact) mass is 410 g/mol. The third kappa shape index (κ3) is 3.38. The van der Waals surface area contributed by atoms with Crippen molar-refractivity contribution < 1.29 is 18.7 Å². The molecule has 0 saturated heterocycles. The average molecular weight is 411 g/mol. The number of furan rings is 1. The zero-order valence-electron chi connectivity index (χ0n) is 17.4. The molecule has 0 aliphatic heterocycles. The quantitative estimate of drug-likeness (QED) is 0.754. The summed E-state index contributed by atoms with van der Waals surface area (Å²) in [5, 5.41) is 4.02. The summed E-state index contributed by atoms with van der Waals surface area (Å²) in [6.45, 7) is 10.4. The Morgan fingerprint density at radius 2 is 2.11 bits per heavy atom. The van der Waals surface area contributed by atoms with Crippen LogP contribution in [0.2, 0.25) is 0 Å². The lowest BCUT2D eigenvalue weighted by molar-refractivity contribution is -0.171. The molecule has 28 heavy (non-hydrogen) atoms. The molecule has 156 valence electrons. The van der Waals surface area contributed by atoms with Gasteiger partial charge in [0, 0.05) is 29.4 Å². The number of carbonyl (C=O) groups excluding carboxylic acids is 1. The number of methoxy groups -OCH3 is 1. The maximum absolute atomic E-state index is 13.0. The Labute approximate surface area is 172 Å². The Morgan fingerprint density at radius 3 is 2.68 bits per heavy atom. The normalized spacial score (nSPS) is 24.2. The van der Waals surface area contributed by atoms with Crippen molar-refractivity contribution in [3.8, 4) is 5.75 Å². The van der Waals surface area contributed by atoms with E-state index >= 15 is 0 Å². The van der Waals surface area contributed by atoms with Crippen molar-refractivity contribution in [2.75, 3.05) is 13.7 Å². The molecule has 0 radical (unpaired) electrons. The Balaban J connectivity index is 0.00000280. The van der Waals surface area contributed by atoms with Gasteiger partial charge in [-0.05, 0) is 39.0 Å². The van der Waals surface area contributed by atoms with Gasteiger partial charge in [0.2, 0.25) is 5.91 Å². The maximum atomic E-state index is 13.0. The zero-order chi connectivity index (χ0) is 20.0. The van der Waals surface area contributed by atoms with Gasteiger partial charge in [0.15, 0.2) is 0 Å². The van der Waals surface area contributed by atoms with Gasteiger partial charge in [-0.3, -0.25) is 4.79 Å². The number of aryl methyl sites for hydroxylation is 1. The predicted octanol–water partition coefficient (Wildman–Crippen LogP) is 3.88. The molecule has 2 aromatic rings. The van der Waals surface area contributed by atoms with Crippen LogP contribution in [0.4, 0.5) is 0 Å². The van der Waals surface area contributed by atoms with Crippen LogP contribution in [0.1, 0.15) is 51.5 Å². The minimum absolute atomic E-state index is 0. The van der Waals surface area contributed by atoms with E-state index in [-0.39, 0.29) is 30.5 Å². The number of halogens is 1. The fourth-order valence-corrected chi connectivity index (χ4v) is 3.97. The van der Waals surface area contributed by atoms with Gasteiger partial charge >= 0.3 is 0 Å². The number of nitrogens with two attached hydrogens (primary N) is 1. The molecule has 1 heterocycles. The second kappa shape index (κ2) is 7.93. The van der Waals surface area contributed by atoms with Gasteiger partial charge in [-0.15, -0.1) is 12.4 Å². The van der Waals surface area contributed by atoms with Crippen LogP contribution < -0.4 is 15.8 Å². The van der Waals surface area contributed by atoms with Crippen LogP contribution in [0.5, 0.6) is 5.75 Å². The van der Waals surface area contributed by atoms with Crippen LogP contribution in [0.25, 0.3) is 11.0 Å². The number of ether oxygens (including phenoxy) is 2. The highest BCUT2D eigenvalue weighted by molar-refractivity contribution is 5.89. The summed E-state index contributed by atoms with van der Waals surface area (Å²) in [4.78, 5) is 13.0. The Bertz CT molecular complexity index is 863. The number of hydrogen-bond acceptors (Lipinski definition) is 5. The molecule has 1 aromatic carbocycles. The van der Waals surface area contributed by atoms with E-state index < -0.39 is 11.0 Å². The lowest BCUT2D eigenvalue weighted by atomic mass is 9.54. The van der Waals surface area contributed by atoms with Crippen molar-refractivity contribution in [1.29, 1.82) is 0 Å². The lowest BCUT2D eigenvalue weighted by Crippen LogP contribution is -2.75. The fraction of sp³-hybridized carbons (Fsp3) is 0.571. The molecule has 1 amide bonds. The van der Waals surface area contributed by atoms with Gasteiger partial charge in [-0.2, -0.15) is 0 Å². The van der Waals surface area contributed by atoms with E-state index in [9.17, 15) is 4.79 Å². The lowest BCUT2D eigenvalue weighted by Gasteiger charge is -2.57. The van der Waals surface area contributed by atoms with E-state index in [0.29, 0.717) is 13.0 Å². The summed E-state index contributed by atoms with van der Waals surface area (Å²) in [5.74, 6) is 1.33. The second-order valence-electron chi connectivity index (χ2n) is 7.99. The van der Waals surface area contributed by atoms with Gasteiger partial charge in [0.05, 0.1) is 19.3 Å². The smallest absolute Gasteiger partial charge is 0.241 e. The van der Waals surface area contributed by atoms with Crippen molar-refractivity contribution in [1.82, 2.24) is 5.32 Å². The summed E-state index contributed by atoms with van der Waals surface area (Å²) in [6, 6.07) is 5.39. The molecular weight excluding hydrogens is 380 g/mol. The first kappa shape index (κ1) is 22.5. The summed E-state index contributed by atoms with van der Waals surface area (Å²) >= 11 is 0. The van der Waals surface area contributed by atoms with E-state index in [1.54, 1.807) is 7.11 Å². The molecule has 0 spiro atoms. The summed E-state index contributed by atoms with van der Waals surface area (Å²) < 4.78 is 17.0. The summed E-state index contributed by atoms with van der Waals surface area (Å²) in [6.07, 6.45) is 0.511. The first-order valence-electron chi connectivity index (χ1n) is 9.44. The molecule has 0 bridgehead atoms. The minimum Gasteiger partial charge on any atom is -0.497 e. The largest absolute Gasteiger partial charge is 0.497 e. The average Bonchev–Trinajstić information content (AvgIpc) is 2.97. The Morgan fingerprint density at radius 1 is 1.43 bits per heavy atom. The van der Waals surface area contributed by atoms with E-state index in [0.717, 1.165) is 28.0 Å². The third-order valence-electron chi connectivity index (χ3n) is 6.16. The molecular formula is C21H31ClN2O4. The van der Waals surface area contributed by atoms with E-state index in [1.807, 2.05) is 52.8 Å². The molecule has 3 unspecified atom stereocenters. The van der Waals surface area contributed by atoms with Gasteiger partial charge < -0.3 is 24.9 Å². The zero-order valence-corrected chi connectivity index (χ0v) is 18.2. The summed E-state index contributed by atoms with van der Waals surface area (Å²) in [7, 11) is 1.64. The molecule has 6 nitrogen and oxygen atoms in total. The molecule has 1 fully saturated rings. The van der Waals surface area contributed by atoms with Gasteiger partial charge in [-0.25, -0.2) is 0 Å². The fourth-order valence-electron chi connectivity index (χ4n) is 3.97. The molecule has 3 atom stereocenters. The number of benzene rings is 1. The number of amides is 1. The Kier molecular flexibility index (Phi) is 6.38.